The minimum Gasteiger partial charge on any atom is -0.353 e. The molecule has 0 atom stereocenters. The molecule has 0 saturated heterocycles. The van der Waals surface area contributed by atoms with Crippen molar-refractivity contribution in [3.8, 4) is 0 Å². The molecule has 1 aromatic heterocycles. The molecule has 0 aromatic carbocycles. The summed E-state index contributed by atoms with van der Waals surface area (Å²) in [7, 11) is 0. The van der Waals surface area contributed by atoms with Crippen LogP contribution in [0.4, 0.5) is 5.82 Å². The summed E-state index contributed by atoms with van der Waals surface area (Å²) >= 11 is 6.96. The average molecular weight is 348 g/mol. The third kappa shape index (κ3) is 2.98. The van der Waals surface area contributed by atoms with Gasteiger partial charge >= 0.3 is 0 Å². The molecule has 1 saturated carbocycles. The summed E-state index contributed by atoms with van der Waals surface area (Å²) < 4.78 is 1.04. The van der Waals surface area contributed by atoms with Crippen LogP contribution in [0.25, 0.3) is 0 Å². The van der Waals surface area contributed by atoms with Crippen molar-refractivity contribution in [1.29, 1.82) is 0 Å². The first kappa shape index (κ1) is 12.4. The van der Waals surface area contributed by atoms with Gasteiger partial charge in [-0.15, -0.1) is 0 Å². The van der Waals surface area contributed by atoms with Gasteiger partial charge in [0.1, 0.15) is 5.82 Å². The van der Waals surface area contributed by atoms with Crippen molar-refractivity contribution in [3.63, 3.8) is 0 Å². The number of rotatable bonds is 4. The number of halogens is 2. The standard InChI is InChI=1S/C12H16Br2N2/c13-7-8-16(11-3-1-2-4-11)12-6-5-10(14)9-15-12/h5-6,9,11H,1-4,7-8H2. The van der Waals surface area contributed by atoms with Gasteiger partial charge in [0.05, 0.1) is 0 Å². The lowest BCUT2D eigenvalue weighted by Crippen LogP contribution is -2.35. The van der Waals surface area contributed by atoms with Crippen LogP contribution in [-0.2, 0) is 0 Å². The maximum Gasteiger partial charge on any atom is 0.128 e. The molecule has 0 amide bonds. The zero-order chi connectivity index (χ0) is 11.4. The van der Waals surface area contributed by atoms with E-state index >= 15 is 0 Å². The van der Waals surface area contributed by atoms with Crippen LogP contribution in [0, 0.1) is 0 Å². The Hall–Kier alpha value is -0.0900. The molecule has 1 fully saturated rings. The van der Waals surface area contributed by atoms with Crippen LogP contribution in [0.1, 0.15) is 25.7 Å². The van der Waals surface area contributed by atoms with E-state index in [0.29, 0.717) is 6.04 Å². The maximum absolute atomic E-state index is 4.50. The Kier molecular flexibility index (Phi) is 4.65. The highest BCUT2D eigenvalue weighted by Crippen LogP contribution is 2.27. The van der Waals surface area contributed by atoms with Gasteiger partial charge in [-0.25, -0.2) is 4.98 Å². The van der Waals surface area contributed by atoms with Gasteiger partial charge in [-0.1, -0.05) is 28.8 Å². The molecule has 1 aliphatic rings. The van der Waals surface area contributed by atoms with Crippen molar-refractivity contribution in [2.24, 2.45) is 0 Å². The molecule has 0 unspecified atom stereocenters. The summed E-state index contributed by atoms with van der Waals surface area (Å²) in [4.78, 5) is 6.94. The topological polar surface area (TPSA) is 16.1 Å². The molecule has 1 aliphatic carbocycles. The molecule has 0 spiro atoms. The van der Waals surface area contributed by atoms with Crippen LogP contribution in [0.15, 0.2) is 22.8 Å². The van der Waals surface area contributed by atoms with Crippen molar-refractivity contribution in [3.05, 3.63) is 22.8 Å². The minimum absolute atomic E-state index is 0.686. The van der Waals surface area contributed by atoms with Gasteiger partial charge in [-0.2, -0.15) is 0 Å². The highest BCUT2D eigenvalue weighted by atomic mass is 79.9. The number of hydrogen-bond donors (Lipinski definition) is 0. The fourth-order valence-corrected chi connectivity index (χ4v) is 2.95. The lowest BCUT2D eigenvalue weighted by Gasteiger charge is -2.29. The minimum atomic E-state index is 0.686. The molecule has 88 valence electrons. The van der Waals surface area contributed by atoms with Crippen molar-refractivity contribution >= 4 is 37.7 Å². The number of anilines is 1. The Morgan fingerprint density at radius 3 is 2.62 bits per heavy atom. The predicted octanol–water partition coefficient (Wildman–Crippen LogP) is 3.99. The third-order valence-corrected chi connectivity index (χ3v) is 3.92. The number of pyridine rings is 1. The first-order valence-electron chi connectivity index (χ1n) is 5.75. The normalized spacial score (nSPS) is 16.6. The molecule has 4 heteroatoms. The maximum atomic E-state index is 4.50. The van der Waals surface area contributed by atoms with Crippen LogP contribution in [0.2, 0.25) is 0 Å². The van der Waals surface area contributed by atoms with Gasteiger partial charge in [0.15, 0.2) is 0 Å². The van der Waals surface area contributed by atoms with Gasteiger partial charge in [-0.3, -0.25) is 0 Å². The lowest BCUT2D eigenvalue weighted by atomic mass is 10.2. The molecule has 0 bridgehead atoms. The van der Waals surface area contributed by atoms with Gasteiger partial charge < -0.3 is 4.90 Å². The monoisotopic (exact) mass is 346 g/mol. The molecular weight excluding hydrogens is 332 g/mol. The van der Waals surface area contributed by atoms with Crippen molar-refractivity contribution < 1.29 is 0 Å². The smallest absolute Gasteiger partial charge is 0.128 e. The Bertz CT molecular complexity index is 320. The Balaban J connectivity index is 2.14. The van der Waals surface area contributed by atoms with Gasteiger partial charge in [0.2, 0.25) is 0 Å². The second-order valence-corrected chi connectivity index (χ2v) is 5.86. The predicted molar refractivity (Wildman–Crippen MR) is 75.3 cm³/mol. The van der Waals surface area contributed by atoms with E-state index in [0.717, 1.165) is 22.2 Å². The number of hydrogen-bond acceptors (Lipinski definition) is 2. The van der Waals surface area contributed by atoms with E-state index in [1.165, 1.54) is 25.7 Å². The number of aromatic nitrogens is 1. The summed E-state index contributed by atoms with van der Waals surface area (Å²) in [6.07, 6.45) is 7.22. The summed E-state index contributed by atoms with van der Waals surface area (Å²) in [6, 6.07) is 4.86. The summed E-state index contributed by atoms with van der Waals surface area (Å²) in [5.41, 5.74) is 0. The fraction of sp³-hybridized carbons (Fsp3) is 0.583. The first-order valence-corrected chi connectivity index (χ1v) is 7.67. The molecule has 2 rings (SSSR count). The quantitative estimate of drug-likeness (QED) is 0.765. The van der Waals surface area contributed by atoms with Crippen molar-refractivity contribution in [2.75, 3.05) is 16.8 Å². The Morgan fingerprint density at radius 2 is 2.06 bits per heavy atom. The van der Waals surface area contributed by atoms with Gasteiger partial charge in [-0.05, 0) is 40.9 Å². The SMILES string of the molecule is BrCCN(c1ccc(Br)cn1)C1CCCC1. The Labute approximate surface area is 114 Å². The summed E-state index contributed by atoms with van der Waals surface area (Å²) in [5, 5.41) is 1.00. The van der Waals surface area contributed by atoms with E-state index in [-0.39, 0.29) is 0 Å². The fourth-order valence-electron chi connectivity index (χ4n) is 2.33. The summed E-state index contributed by atoms with van der Waals surface area (Å²) in [6.45, 7) is 1.04. The van der Waals surface area contributed by atoms with Crippen molar-refractivity contribution in [2.45, 2.75) is 31.7 Å². The highest BCUT2D eigenvalue weighted by molar-refractivity contribution is 9.10. The molecular formula is C12H16Br2N2. The summed E-state index contributed by atoms with van der Waals surface area (Å²) in [5.74, 6) is 1.11. The van der Waals surface area contributed by atoms with Crippen LogP contribution < -0.4 is 4.90 Å². The molecule has 1 heterocycles. The van der Waals surface area contributed by atoms with Crippen LogP contribution in [-0.4, -0.2) is 22.9 Å². The van der Waals surface area contributed by atoms with E-state index in [4.69, 9.17) is 0 Å². The average Bonchev–Trinajstić information content (AvgIpc) is 2.81. The molecule has 2 nitrogen and oxygen atoms in total. The molecule has 0 N–H and O–H groups in total. The molecule has 0 radical (unpaired) electrons. The second kappa shape index (κ2) is 6.01. The molecule has 1 aromatic rings. The largest absolute Gasteiger partial charge is 0.353 e. The number of nitrogens with zero attached hydrogens (tertiary/aromatic N) is 2. The zero-order valence-electron chi connectivity index (χ0n) is 9.20. The van der Waals surface area contributed by atoms with E-state index in [1.54, 1.807) is 0 Å². The van der Waals surface area contributed by atoms with Gasteiger partial charge in [0, 0.05) is 28.6 Å². The van der Waals surface area contributed by atoms with Crippen molar-refractivity contribution in [1.82, 2.24) is 4.98 Å². The zero-order valence-corrected chi connectivity index (χ0v) is 12.4. The van der Waals surface area contributed by atoms with E-state index in [1.807, 2.05) is 6.20 Å². The van der Waals surface area contributed by atoms with Crippen LogP contribution >= 0.6 is 31.9 Å². The van der Waals surface area contributed by atoms with Crippen LogP contribution in [0.5, 0.6) is 0 Å². The molecule has 16 heavy (non-hydrogen) atoms. The van der Waals surface area contributed by atoms with E-state index in [9.17, 15) is 0 Å². The van der Waals surface area contributed by atoms with Gasteiger partial charge in [0.25, 0.3) is 0 Å². The first-order chi connectivity index (χ1) is 7.81. The lowest BCUT2D eigenvalue weighted by molar-refractivity contribution is 0.616. The number of alkyl halides is 1. The second-order valence-electron chi connectivity index (χ2n) is 4.16. The molecule has 0 aliphatic heterocycles. The van der Waals surface area contributed by atoms with Crippen LogP contribution in [0.3, 0.4) is 0 Å². The highest BCUT2D eigenvalue weighted by Gasteiger charge is 2.22. The Morgan fingerprint density at radius 1 is 1.31 bits per heavy atom. The van der Waals surface area contributed by atoms with E-state index < -0.39 is 0 Å². The van der Waals surface area contributed by atoms with E-state index in [2.05, 4.69) is 53.9 Å². The third-order valence-electron chi connectivity index (χ3n) is 3.10.